The number of sulfonamides is 1. The topological polar surface area (TPSA) is 58.2 Å². The molecule has 2 atom stereocenters. The van der Waals surface area contributed by atoms with E-state index in [1.54, 1.807) is 0 Å². The Bertz CT molecular complexity index is 578. The van der Waals surface area contributed by atoms with Gasteiger partial charge in [-0.1, -0.05) is 6.42 Å². The molecule has 0 spiro atoms. The molecule has 0 aromatic heterocycles. The Morgan fingerprint density at radius 1 is 1.35 bits per heavy atom. The van der Waals surface area contributed by atoms with Gasteiger partial charge >= 0.3 is 0 Å². The second-order valence-electron chi connectivity index (χ2n) is 5.12. The zero-order valence-corrected chi connectivity index (χ0v) is 12.0. The van der Waals surface area contributed by atoms with Gasteiger partial charge in [0.05, 0.1) is 0 Å². The molecule has 1 aliphatic rings. The van der Waals surface area contributed by atoms with E-state index >= 15 is 0 Å². The normalized spacial score (nSPS) is 23.8. The van der Waals surface area contributed by atoms with Crippen molar-refractivity contribution in [1.29, 1.82) is 0 Å². The Morgan fingerprint density at radius 2 is 2.10 bits per heavy atom. The molecule has 2 rings (SSSR count). The molecular formula is C13H18F2N2O2S. The van der Waals surface area contributed by atoms with Gasteiger partial charge in [-0.3, -0.25) is 0 Å². The van der Waals surface area contributed by atoms with E-state index in [2.05, 4.69) is 10.0 Å². The molecule has 0 saturated carbocycles. The Labute approximate surface area is 117 Å². The SMILES string of the molecule is CC1CCCC(CNS(=O)(=O)c2cc(F)ccc2F)N1. The molecule has 20 heavy (non-hydrogen) atoms. The van der Waals surface area contributed by atoms with Crippen molar-refractivity contribution in [3.63, 3.8) is 0 Å². The molecule has 2 unspecified atom stereocenters. The van der Waals surface area contributed by atoms with Gasteiger partial charge in [-0.2, -0.15) is 0 Å². The van der Waals surface area contributed by atoms with Crippen molar-refractivity contribution >= 4 is 10.0 Å². The Morgan fingerprint density at radius 3 is 2.80 bits per heavy atom. The largest absolute Gasteiger partial charge is 0.310 e. The first-order chi connectivity index (χ1) is 9.38. The van der Waals surface area contributed by atoms with E-state index in [9.17, 15) is 17.2 Å². The molecule has 112 valence electrons. The molecule has 1 aliphatic heterocycles. The highest BCUT2D eigenvalue weighted by molar-refractivity contribution is 7.89. The summed E-state index contributed by atoms with van der Waals surface area (Å²) in [5.41, 5.74) is 0. The quantitative estimate of drug-likeness (QED) is 0.891. The Kier molecular flexibility index (Phi) is 4.72. The fourth-order valence-electron chi connectivity index (χ4n) is 2.37. The first-order valence-corrected chi connectivity index (χ1v) is 8.07. The van der Waals surface area contributed by atoms with Gasteiger partial charge in [0.1, 0.15) is 16.5 Å². The van der Waals surface area contributed by atoms with Crippen LogP contribution in [0.1, 0.15) is 26.2 Å². The first kappa shape index (κ1) is 15.3. The summed E-state index contributed by atoms with van der Waals surface area (Å²) in [7, 11) is -4.04. The van der Waals surface area contributed by atoms with Crippen LogP contribution < -0.4 is 10.0 Å². The lowest BCUT2D eigenvalue weighted by atomic mass is 10.00. The van der Waals surface area contributed by atoms with Gasteiger partial charge in [0.15, 0.2) is 0 Å². The van der Waals surface area contributed by atoms with Crippen LogP contribution in [0.15, 0.2) is 23.1 Å². The molecule has 1 saturated heterocycles. The van der Waals surface area contributed by atoms with Crippen molar-refractivity contribution in [3.8, 4) is 0 Å². The summed E-state index contributed by atoms with van der Waals surface area (Å²) in [4.78, 5) is -0.652. The van der Waals surface area contributed by atoms with E-state index in [1.165, 1.54) is 0 Å². The van der Waals surface area contributed by atoms with Gasteiger partial charge in [0, 0.05) is 18.6 Å². The molecule has 0 bridgehead atoms. The van der Waals surface area contributed by atoms with Gasteiger partial charge in [-0.05, 0) is 38.0 Å². The van der Waals surface area contributed by atoms with E-state index in [4.69, 9.17) is 0 Å². The molecule has 0 aliphatic carbocycles. The number of nitrogens with one attached hydrogen (secondary N) is 2. The lowest BCUT2D eigenvalue weighted by molar-refractivity contribution is 0.334. The number of rotatable bonds is 4. The third-order valence-electron chi connectivity index (χ3n) is 3.41. The average molecular weight is 304 g/mol. The predicted molar refractivity (Wildman–Crippen MR) is 71.8 cm³/mol. The lowest BCUT2D eigenvalue weighted by Gasteiger charge is -2.28. The van der Waals surface area contributed by atoms with Gasteiger partial charge in [-0.15, -0.1) is 0 Å². The highest BCUT2D eigenvalue weighted by Crippen LogP contribution is 2.16. The molecule has 1 aromatic rings. The third kappa shape index (κ3) is 3.74. The minimum atomic E-state index is -4.04. The van der Waals surface area contributed by atoms with Crippen molar-refractivity contribution in [3.05, 3.63) is 29.8 Å². The second-order valence-corrected chi connectivity index (χ2v) is 6.86. The molecular weight excluding hydrogens is 286 g/mol. The zero-order valence-electron chi connectivity index (χ0n) is 11.2. The summed E-state index contributed by atoms with van der Waals surface area (Å²) in [6.45, 7) is 2.20. The second kappa shape index (κ2) is 6.15. The standard InChI is InChI=1S/C13H18F2N2O2S/c1-9-3-2-4-11(17-9)8-16-20(18,19)13-7-10(14)5-6-12(13)15/h5-7,9,11,16-17H,2-4,8H2,1H3. The van der Waals surface area contributed by atoms with Crippen LogP contribution in [-0.4, -0.2) is 27.0 Å². The minimum Gasteiger partial charge on any atom is -0.310 e. The highest BCUT2D eigenvalue weighted by Gasteiger charge is 2.23. The van der Waals surface area contributed by atoms with Crippen LogP contribution in [-0.2, 0) is 10.0 Å². The van der Waals surface area contributed by atoms with Gasteiger partial charge in [0.2, 0.25) is 10.0 Å². The maximum atomic E-state index is 13.5. The van der Waals surface area contributed by atoms with E-state index < -0.39 is 26.6 Å². The van der Waals surface area contributed by atoms with Crippen molar-refractivity contribution in [2.45, 2.75) is 43.2 Å². The zero-order chi connectivity index (χ0) is 14.8. The van der Waals surface area contributed by atoms with E-state index in [0.29, 0.717) is 12.1 Å². The van der Waals surface area contributed by atoms with Crippen LogP contribution in [0.3, 0.4) is 0 Å². The van der Waals surface area contributed by atoms with Crippen LogP contribution in [0.25, 0.3) is 0 Å². The van der Waals surface area contributed by atoms with Crippen molar-refractivity contribution in [2.75, 3.05) is 6.54 Å². The van der Waals surface area contributed by atoms with Crippen molar-refractivity contribution in [1.82, 2.24) is 10.0 Å². The van der Waals surface area contributed by atoms with Gasteiger partial charge < -0.3 is 5.32 Å². The van der Waals surface area contributed by atoms with Crippen LogP contribution in [0.2, 0.25) is 0 Å². The van der Waals surface area contributed by atoms with Crippen LogP contribution in [0, 0.1) is 11.6 Å². The lowest BCUT2D eigenvalue weighted by Crippen LogP contribution is -2.47. The molecule has 1 aromatic carbocycles. The maximum Gasteiger partial charge on any atom is 0.243 e. The smallest absolute Gasteiger partial charge is 0.243 e. The van der Waals surface area contributed by atoms with Crippen LogP contribution in [0.4, 0.5) is 8.78 Å². The Hall–Kier alpha value is -1.05. The molecule has 4 nitrogen and oxygen atoms in total. The van der Waals surface area contributed by atoms with Crippen molar-refractivity contribution < 1.29 is 17.2 Å². The molecule has 0 amide bonds. The minimum absolute atomic E-state index is 0.0187. The maximum absolute atomic E-state index is 13.5. The van der Waals surface area contributed by atoms with Gasteiger partial charge in [-0.25, -0.2) is 21.9 Å². The molecule has 7 heteroatoms. The average Bonchev–Trinajstić information content (AvgIpc) is 2.39. The Balaban J connectivity index is 2.05. The summed E-state index contributed by atoms with van der Waals surface area (Å²) in [5, 5.41) is 3.27. The third-order valence-corrected chi connectivity index (χ3v) is 4.85. The molecule has 1 heterocycles. The first-order valence-electron chi connectivity index (χ1n) is 6.59. The van der Waals surface area contributed by atoms with E-state index in [1.807, 2.05) is 6.92 Å². The van der Waals surface area contributed by atoms with E-state index in [0.717, 1.165) is 31.4 Å². The molecule has 0 radical (unpaired) electrons. The predicted octanol–water partition coefficient (Wildman–Crippen LogP) is 1.77. The van der Waals surface area contributed by atoms with Gasteiger partial charge in [0.25, 0.3) is 0 Å². The molecule has 1 fully saturated rings. The fraction of sp³-hybridized carbons (Fsp3) is 0.538. The fourth-order valence-corrected chi connectivity index (χ4v) is 3.54. The number of hydrogen-bond acceptors (Lipinski definition) is 3. The molecule has 2 N–H and O–H groups in total. The number of halogens is 2. The number of benzene rings is 1. The summed E-state index contributed by atoms with van der Waals surface area (Å²) < 4.78 is 52.8. The van der Waals surface area contributed by atoms with E-state index in [-0.39, 0.29) is 12.6 Å². The van der Waals surface area contributed by atoms with Crippen LogP contribution in [0.5, 0.6) is 0 Å². The summed E-state index contributed by atoms with van der Waals surface area (Å²) in [6.07, 6.45) is 2.94. The summed E-state index contributed by atoms with van der Waals surface area (Å²) in [5.74, 6) is -1.74. The summed E-state index contributed by atoms with van der Waals surface area (Å²) in [6, 6.07) is 2.74. The summed E-state index contributed by atoms with van der Waals surface area (Å²) >= 11 is 0. The number of piperidine rings is 1. The highest BCUT2D eigenvalue weighted by atomic mass is 32.2. The van der Waals surface area contributed by atoms with Crippen LogP contribution >= 0.6 is 0 Å². The van der Waals surface area contributed by atoms with Crippen molar-refractivity contribution in [2.24, 2.45) is 0 Å². The monoisotopic (exact) mass is 304 g/mol. The number of hydrogen-bond donors (Lipinski definition) is 2.